The molecule has 2 aromatic rings. The van der Waals surface area contributed by atoms with Crippen LogP contribution < -0.4 is 5.32 Å². The van der Waals surface area contributed by atoms with Gasteiger partial charge in [0.05, 0.1) is 6.04 Å². The van der Waals surface area contributed by atoms with Gasteiger partial charge in [0.15, 0.2) is 0 Å². The lowest BCUT2D eigenvalue weighted by Gasteiger charge is -2.19. The van der Waals surface area contributed by atoms with E-state index in [1.807, 2.05) is 13.1 Å². The summed E-state index contributed by atoms with van der Waals surface area (Å²) in [5.41, 5.74) is 3.78. The summed E-state index contributed by atoms with van der Waals surface area (Å²) in [6, 6.07) is 15.1. The molecular formula is C15H15Br2N. The summed E-state index contributed by atoms with van der Waals surface area (Å²) in [5.74, 6) is 0. The van der Waals surface area contributed by atoms with Gasteiger partial charge in [-0.05, 0) is 43.3 Å². The molecule has 1 atom stereocenters. The molecule has 0 spiro atoms. The predicted molar refractivity (Wildman–Crippen MR) is 83.9 cm³/mol. The van der Waals surface area contributed by atoms with Crippen LogP contribution in [0.15, 0.2) is 51.4 Å². The average molecular weight is 369 g/mol. The number of rotatable bonds is 3. The van der Waals surface area contributed by atoms with Gasteiger partial charge in [-0.3, -0.25) is 0 Å². The van der Waals surface area contributed by atoms with Crippen LogP contribution in [0.25, 0.3) is 0 Å². The zero-order valence-corrected chi connectivity index (χ0v) is 13.5. The minimum atomic E-state index is 0.192. The summed E-state index contributed by atoms with van der Waals surface area (Å²) in [6.45, 7) is 2.10. The lowest BCUT2D eigenvalue weighted by molar-refractivity contribution is 0.688. The Morgan fingerprint density at radius 1 is 1.00 bits per heavy atom. The normalized spacial score (nSPS) is 12.4. The monoisotopic (exact) mass is 367 g/mol. The van der Waals surface area contributed by atoms with E-state index in [9.17, 15) is 0 Å². The third-order valence-corrected chi connectivity index (χ3v) is 4.18. The van der Waals surface area contributed by atoms with E-state index in [0.717, 1.165) is 8.95 Å². The van der Waals surface area contributed by atoms with Crippen molar-refractivity contribution in [2.75, 3.05) is 7.05 Å². The molecule has 18 heavy (non-hydrogen) atoms. The molecular weight excluding hydrogens is 354 g/mol. The van der Waals surface area contributed by atoms with E-state index in [0.29, 0.717) is 0 Å². The van der Waals surface area contributed by atoms with Gasteiger partial charge in [-0.25, -0.2) is 0 Å². The van der Waals surface area contributed by atoms with Crippen molar-refractivity contribution in [3.8, 4) is 0 Å². The zero-order valence-electron chi connectivity index (χ0n) is 10.4. The summed E-state index contributed by atoms with van der Waals surface area (Å²) in [4.78, 5) is 0. The van der Waals surface area contributed by atoms with Crippen LogP contribution in [0.1, 0.15) is 22.7 Å². The lowest BCUT2D eigenvalue weighted by Crippen LogP contribution is -2.18. The van der Waals surface area contributed by atoms with Crippen LogP contribution in [0, 0.1) is 6.92 Å². The molecule has 1 unspecified atom stereocenters. The standard InChI is InChI=1S/C15H15Br2N/c1-10-3-5-11(6-4-10)15(18-2)13-9-12(16)7-8-14(13)17/h3-9,15,18H,1-2H3. The summed E-state index contributed by atoms with van der Waals surface area (Å²) in [5, 5.41) is 3.37. The molecule has 3 heteroatoms. The maximum atomic E-state index is 3.62. The van der Waals surface area contributed by atoms with Crippen molar-refractivity contribution in [1.29, 1.82) is 0 Å². The Balaban J connectivity index is 2.44. The van der Waals surface area contributed by atoms with Crippen molar-refractivity contribution in [2.24, 2.45) is 0 Å². The SMILES string of the molecule is CNC(c1ccc(C)cc1)c1cc(Br)ccc1Br. The molecule has 0 heterocycles. The van der Waals surface area contributed by atoms with Gasteiger partial charge in [-0.15, -0.1) is 0 Å². The number of nitrogens with one attached hydrogen (secondary N) is 1. The third-order valence-electron chi connectivity index (χ3n) is 2.97. The van der Waals surface area contributed by atoms with Crippen molar-refractivity contribution in [3.63, 3.8) is 0 Å². The van der Waals surface area contributed by atoms with Gasteiger partial charge >= 0.3 is 0 Å². The molecule has 0 aromatic heterocycles. The van der Waals surface area contributed by atoms with Crippen LogP contribution >= 0.6 is 31.9 Å². The van der Waals surface area contributed by atoms with Gasteiger partial charge in [-0.2, -0.15) is 0 Å². The third kappa shape index (κ3) is 3.02. The second-order valence-corrected chi connectivity index (χ2v) is 6.07. The topological polar surface area (TPSA) is 12.0 Å². The zero-order chi connectivity index (χ0) is 13.1. The largest absolute Gasteiger partial charge is 0.309 e. The van der Waals surface area contributed by atoms with Crippen LogP contribution in [0.4, 0.5) is 0 Å². The number of hydrogen-bond donors (Lipinski definition) is 1. The van der Waals surface area contributed by atoms with E-state index >= 15 is 0 Å². The predicted octanol–water partition coefficient (Wildman–Crippen LogP) is 4.83. The molecule has 0 saturated heterocycles. The van der Waals surface area contributed by atoms with Crippen molar-refractivity contribution < 1.29 is 0 Å². The first kappa shape index (κ1) is 13.8. The highest BCUT2D eigenvalue weighted by molar-refractivity contribution is 9.11. The minimum Gasteiger partial charge on any atom is -0.309 e. The number of halogens is 2. The molecule has 0 aliphatic heterocycles. The maximum Gasteiger partial charge on any atom is 0.0585 e. The van der Waals surface area contributed by atoms with Crippen molar-refractivity contribution in [3.05, 3.63) is 68.1 Å². The van der Waals surface area contributed by atoms with Crippen LogP contribution in [-0.2, 0) is 0 Å². The van der Waals surface area contributed by atoms with Gasteiger partial charge in [0.2, 0.25) is 0 Å². The van der Waals surface area contributed by atoms with E-state index < -0.39 is 0 Å². The molecule has 2 aromatic carbocycles. The lowest BCUT2D eigenvalue weighted by atomic mass is 9.98. The number of benzene rings is 2. The number of aryl methyl sites for hydroxylation is 1. The fourth-order valence-corrected chi connectivity index (χ4v) is 2.85. The Labute approximate surface area is 125 Å². The fourth-order valence-electron chi connectivity index (χ4n) is 2.00. The molecule has 0 aliphatic rings. The average Bonchev–Trinajstić information content (AvgIpc) is 2.37. The molecule has 1 nitrogen and oxygen atoms in total. The van der Waals surface area contributed by atoms with Crippen LogP contribution in [-0.4, -0.2) is 7.05 Å². The summed E-state index contributed by atoms with van der Waals surface area (Å²) >= 11 is 7.15. The Morgan fingerprint density at radius 3 is 2.28 bits per heavy atom. The van der Waals surface area contributed by atoms with Crippen molar-refractivity contribution in [1.82, 2.24) is 5.32 Å². The molecule has 94 valence electrons. The Hall–Kier alpha value is -0.640. The molecule has 0 fully saturated rings. The molecule has 0 saturated carbocycles. The van der Waals surface area contributed by atoms with Gasteiger partial charge in [0.1, 0.15) is 0 Å². The molecule has 0 radical (unpaired) electrons. The van der Waals surface area contributed by atoms with Crippen LogP contribution in [0.5, 0.6) is 0 Å². The Kier molecular flexibility index (Phi) is 4.60. The molecule has 2 rings (SSSR count). The minimum absolute atomic E-state index is 0.192. The molecule has 1 N–H and O–H groups in total. The fraction of sp³-hybridized carbons (Fsp3) is 0.200. The van der Waals surface area contributed by atoms with Crippen LogP contribution in [0.3, 0.4) is 0 Å². The molecule has 0 aliphatic carbocycles. The van der Waals surface area contributed by atoms with Crippen molar-refractivity contribution in [2.45, 2.75) is 13.0 Å². The van der Waals surface area contributed by atoms with Crippen LogP contribution in [0.2, 0.25) is 0 Å². The van der Waals surface area contributed by atoms with Gasteiger partial charge < -0.3 is 5.32 Å². The summed E-state index contributed by atoms with van der Waals surface area (Å²) in [7, 11) is 1.98. The molecule has 0 bridgehead atoms. The smallest absolute Gasteiger partial charge is 0.0585 e. The summed E-state index contributed by atoms with van der Waals surface area (Å²) < 4.78 is 2.21. The second-order valence-electron chi connectivity index (χ2n) is 4.30. The highest BCUT2D eigenvalue weighted by Gasteiger charge is 2.15. The highest BCUT2D eigenvalue weighted by Crippen LogP contribution is 2.30. The van der Waals surface area contributed by atoms with E-state index in [4.69, 9.17) is 0 Å². The first-order valence-electron chi connectivity index (χ1n) is 5.80. The maximum absolute atomic E-state index is 3.62. The van der Waals surface area contributed by atoms with E-state index in [2.05, 4.69) is 80.5 Å². The second kappa shape index (κ2) is 6.00. The number of hydrogen-bond acceptors (Lipinski definition) is 1. The first-order chi connectivity index (χ1) is 8.61. The first-order valence-corrected chi connectivity index (χ1v) is 7.39. The van der Waals surface area contributed by atoms with E-state index in [1.165, 1.54) is 16.7 Å². The van der Waals surface area contributed by atoms with Crippen molar-refractivity contribution >= 4 is 31.9 Å². The quantitative estimate of drug-likeness (QED) is 0.818. The Morgan fingerprint density at radius 2 is 1.67 bits per heavy atom. The van der Waals surface area contributed by atoms with Gasteiger partial charge in [0.25, 0.3) is 0 Å². The summed E-state index contributed by atoms with van der Waals surface area (Å²) in [6.07, 6.45) is 0. The van der Waals surface area contributed by atoms with E-state index in [-0.39, 0.29) is 6.04 Å². The molecule has 0 amide bonds. The van der Waals surface area contributed by atoms with Gasteiger partial charge in [0, 0.05) is 8.95 Å². The van der Waals surface area contributed by atoms with Gasteiger partial charge in [-0.1, -0.05) is 61.7 Å². The van der Waals surface area contributed by atoms with E-state index in [1.54, 1.807) is 0 Å². The highest BCUT2D eigenvalue weighted by atomic mass is 79.9. The Bertz CT molecular complexity index is 535.